The monoisotopic (exact) mass is 485 g/mol. The van der Waals surface area contributed by atoms with Crippen LogP contribution in [0.2, 0.25) is 0 Å². The first-order valence-corrected chi connectivity index (χ1v) is 11.5. The number of rotatable bonds is 8. The molecule has 30 heavy (non-hydrogen) atoms. The summed E-state index contributed by atoms with van der Waals surface area (Å²) in [4.78, 5) is 5.92. The maximum Gasteiger partial charge on any atom is 0.172 e. The van der Waals surface area contributed by atoms with E-state index < -0.39 is 0 Å². The summed E-state index contributed by atoms with van der Waals surface area (Å²) in [5, 5.41) is 7.89. The number of aromatic nitrogens is 3. The van der Waals surface area contributed by atoms with E-state index >= 15 is 0 Å². The highest BCUT2D eigenvalue weighted by atomic mass is 79.9. The molecule has 2 aromatic heterocycles. The molecule has 3 aromatic rings. The molecular weight excluding hydrogens is 458 g/mol. The largest absolute Gasteiger partial charge is 0.340 e. The van der Waals surface area contributed by atoms with Gasteiger partial charge in [0.25, 0.3) is 0 Å². The van der Waals surface area contributed by atoms with Crippen LogP contribution in [0.3, 0.4) is 0 Å². The van der Waals surface area contributed by atoms with E-state index in [9.17, 15) is 0 Å². The van der Waals surface area contributed by atoms with Gasteiger partial charge in [-0.05, 0) is 64.6 Å². The van der Waals surface area contributed by atoms with Crippen molar-refractivity contribution in [1.82, 2.24) is 19.3 Å². The van der Waals surface area contributed by atoms with Crippen LogP contribution in [0.4, 0.5) is 11.5 Å². The van der Waals surface area contributed by atoms with Gasteiger partial charge in [0.05, 0.1) is 16.4 Å². The summed E-state index contributed by atoms with van der Waals surface area (Å²) in [6, 6.07) is 10.3. The smallest absolute Gasteiger partial charge is 0.172 e. The van der Waals surface area contributed by atoms with Crippen molar-refractivity contribution in [3.63, 3.8) is 0 Å². The molecule has 0 saturated carbocycles. The highest BCUT2D eigenvalue weighted by Crippen LogP contribution is 2.27. The van der Waals surface area contributed by atoms with Crippen LogP contribution in [0.25, 0.3) is 11.2 Å². The Balaban J connectivity index is 0.00000155. The fourth-order valence-corrected chi connectivity index (χ4v) is 3.55. The quantitative estimate of drug-likeness (QED) is 0.265. The number of halogens is 1. The maximum atomic E-state index is 4.76. The Morgan fingerprint density at radius 1 is 1.27 bits per heavy atom. The summed E-state index contributed by atoms with van der Waals surface area (Å²) < 4.78 is 5.88. The van der Waals surface area contributed by atoms with Gasteiger partial charge >= 0.3 is 0 Å². The molecule has 0 amide bonds. The second-order valence-corrected chi connectivity index (χ2v) is 7.68. The molecule has 0 bridgehead atoms. The van der Waals surface area contributed by atoms with Gasteiger partial charge in [-0.3, -0.25) is 4.72 Å². The Morgan fingerprint density at radius 2 is 2.00 bits per heavy atom. The van der Waals surface area contributed by atoms with Crippen molar-refractivity contribution < 1.29 is 0 Å². The van der Waals surface area contributed by atoms with Crippen molar-refractivity contribution in [2.24, 2.45) is 0 Å². The van der Waals surface area contributed by atoms with Crippen molar-refractivity contribution in [2.45, 2.75) is 32.6 Å². The third-order valence-electron chi connectivity index (χ3n) is 3.83. The fraction of sp³-hybridized carbons (Fsp3) is 0.217. The second kappa shape index (κ2) is 12.4. The first kappa shape index (κ1) is 23.9. The highest BCUT2D eigenvalue weighted by Gasteiger charge is 2.12. The number of nitrogens with zero attached hydrogens (tertiary/aromatic N) is 3. The van der Waals surface area contributed by atoms with Crippen LogP contribution < -0.4 is 10.0 Å². The number of nitrogens with one attached hydrogen (secondary N) is 2. The summed E-state index contributed by atoms with van der Waals surface area (Å²) in [6.07, 6.45) is 9.46. The zero-order valence-corrected chi connectivity index (χ0v) is 20.2. The highest BCUT2D eigenvalue weighted by molar-refractivity contribution is 9.10. The minimum Gasteiger partial charge on any atom is -0.340 e. The molecule has 0 aliphatic rings. The normalized spacial score (nSPS) is 11.4. The summed E-state index contributed by atoms with van der Waals surface area (Å²) in [5.41, 5.74) is 3.55. The van der Waals surface area contributed by atoms with Crippen LogP contribution in [-0.4, -0.2) is 21.1 Å². The lowest BCUT2D eigenvalue weighted by molar-refractivity contribution is 0.944. The first-order valence-electron chi connectivity index (χ1n) is 9.93. The number of hydrogen-bond donors (Lipinski definition) is 2. The van der Waals surface area contributed by atoms with Gasteiger partial charge in [0.2, 0.25) is 0 Å². The van der Waals surface area contributed by atoms with E-state index in [-0.39, 0.29) is 0 Å². The van der Waals surface area contributed by atoms with Crippen molar-refractivity contribution >= 4 is 50.6 Å². The summed E-state index contributed by atoms with van der Waals surface area (Å²) in [5.74, 6) is 0.831. The van der Waals surface area contributed by atoms with Crippen LogP contribution in [0.5, 0.6) is 0 Å². The average molecular weight is 486 g/mol. The third kappa shape index (κ3) is 6.08. The SMILES string of the molecule is C=C/C=C(\C=C/C)c1cc(Nc2ccc(SNCC)cc2)n2ncc(Br)c2n1.CC. The summed E-state index contributed by atoms with van der Waals surface area (Å²) >= 11 is 5.16. The summed E-state index contributed by atoms with van der Waals surface area (Å²) in [7, 11) is 0. The average Bonchev–Trinajstić information content (AvgIpc) is 3.15. The lowest BCUT2D eigenvalue weighted by atomic mass is 10.1. The molecular formula is C23H28BrN5S. The van der Waals surface area contributed by atoms with E-state index in [0.29, 0.717) is 0 Å². The molecule has 0 aliphatic carbocycles. The van der Waals surface area contributed by atoms with Crippen molar-refractivity contribution in [2.75, 3.05) is 11.9 Å². The minimum atomic E-state index is 0.749. The van der Waals surface area contributed by atoms with E-state index in [1.54, 1.807) is 28.7 Å². The lowest BCUT2D eigenvalue weighted by Gasteiger charge is -2.12. The fourth-order valence-electron chi connectivity index (χ4n) is 2.62. The lowest BCUT2D eigenvalue weighted by Crippen LogP contribution is -2.04. The van der Waals surface area contributed by atoms with Gasteiger partial charge in [0, 0.05) is 23.2 Å². The number of benzene rings is 1. The van der Waals surface area contributed by atoms with Crippen LogP contribution in [-0.2, 0) is 0 Å². The number of allylic oxidation sites excluding steroid dienone is 5. The third-order valence-corrected chi connectivity index (χ3v) is 5.33. The van der Waals surface area contributed by atoms with Crippen molar-refractivity contribution in [3.8, 4) is 0 Å². The van der Waals surface area contributed by atoms with Gasteiger partial charge < -0.3 is 5.32 Å². The van der Waals surface area contributed by atoms with E-state index in [2.05, 4.69) is 68.8 Å². The number of anilines is 2. The predicted octanol–water partition coefficient (Wildman–Crippen LogP) is 7.02. The Labute approximate surface area is 191 Å². The minimum absolute atomic E-state index is 0.749. The number of fused-ring (bicyclic) bond motifs is 1. The molecule has 158 valence electrons. The van der Waals surface area contributed by atoms with Gasteiger partial charge in [-0.1, -0.05) is 51.7 Å². The van der Waals surface area contributed by atoms with E-state index in [0.717, 1.165) is 39.4 Å². The molecule has 5 nitrogen and oxygen atoms in total. The van der Waals surface area contributed by atoms with Gasteiger partial charge in [-0.15, -0.1) is 0 Å². The topological polar surface area (TPSA) is 54.2 Å². The van der Waals surface area contributed by atoms with Gasteiger partial charge in [-0.25, -0.2) is 4.98 Å². The van der Waals surface area contributed by atoms with Crippen molar-refractivity contribution in [3.05, 3.63) is 77.6 Å². The zero-order valence-electron chi connectivity index (χ0n) is 17.8. The Bertz CT molecular complexity index is 1020. The number of hydrogen-bond acceptors (Lipinski definition) is 5. The first-order chi connectivity index (χ1) is 14.7. The molecule has 2 heterocycles. The molecule has 3 rings (SSSR count). The van der Waals surface area contributed by atoms with Crippen LogP contribution >= 0.6 is 27.9 Å². The van der Waals surface area contributed by atoms with Gasteiger partial charge in [-0.2, -0.15) is 9.61 Å². The molecule has 7 heteroatoms. The van der Waals surface area contributed by atoms with E-state index in [1.807, 2.05) is 45.1 Å². The Hall–Kier alpha value is -2.35. The standard InChI is InChI=1S/C21H22BrN5S.C2H6/c1-4-7-15(8-5-2)19-13-20(27-21(26-19)18(22)14-23-27)25-16-9-11-17(12-10-16)28-24-6-3;1-2/h4-5,7-14,24-25H,1,6H2,2-3H3;1-2H3/b8-5-,15-7+;. The van der Waals surface area contributed by atoms with Crippen LogP contribution in [0.15, 0.2) is 76.8 Å². The molecule has 0 atom stereocenters. The van der Waals surface area contributed by atoms with Gasteiger partial charge in [0.15, 0.2) is 5.65 Å². The molecule has 1 aromatic carbocycles. The van der Waals surface area contributed by atoms with Crippen LogP contribution in [0, 0.1) is 0 Å². The second-order valence-electron chi connectivity index (χ2n) is 5.86. The van der Waals surface area contributed by atoms with E-state index in [4.69, 9.17) is 4.98 Å². The van der Waals surface area contributed by atoms with Crippen molar-refractivity contribution in [1.29, 1.82) is 0 Å². The molecule has 0 saturated heterocycles. The molecule has 2 N–H and O–H groups in total. The van der Waals surface area contributed by atoms with Crippen LogP contribution in [0.1, 0.15) is 33.4 Å². The van der Waals surface area contributed by atoms with E-state index in [1.165, 1.54) is 4.90 Å². The molecule has 0 unspecified atom stereocenters. The maximum absolute atomic E-state index is 4.76. The molecule has 0 radical (unpaired) electrons. The Morgan fingerprint density at radius 3 is 2.63 bits per heavy atom. The van der Waals surface area contributed by atoms with Gasteiger partial charge in [0.1, 0.15) is 5.82 Å². The predicted molar refractivity (Wildman–Crippen MR) is 134 cm³/mol. The summed E-state index contributed by atoms with van der Waals surface area (Å²) in [6.45, 7) is 12.8. The molecule has 0 fully saturated rings. The molecule has 0 aliphatic heterocycles. The Kier molecular flexibility index (Phi) is 9.86. The zero-order chi connectivity index (χ0) is 21.9. The molecule has 0 spiro atoms.